The van der Waals surface area contributed by atoms with Crippen molar-refractivity contribution in [2.75, 3.05) is 26.8 Å². The van der Waals surface area contributed by atoms with E-state index in [1.807, 2.05) is 53.4 Å². The van der Waals surface area contributed by atoms with E-state index in [4.69, 9.17) is 9.47 Å². The van der Waals surface area contributed by atoms with Crippen LogP contribution >= 0.6 is 0 Å². The Bertz CT molecular complexity index is 1090. The fraction of sp³-hybridized carbons (Fsp3) is 0.346. The number of piperazine rings is 1. The zero-order chi connectivity index (χ0) is 22.7. The molecule has 0 aromatic heterocycles. The molecule has 2 atom stereocenters. The van der Waals surface area contributed by atoms with Crippen molar-refractivity contribution in [1.29, 1.82) is 0 Å². The highest BCUT2D eigenvalue weighted by molar-refractivity contribution is 5.93. The predicted molar refractivity (Wildman–Crippen MR) is 123 cm³/mol. The van der Waals surface area contributed by atoms with E-state index in [0.717, 1.165) is 35.2 Å². The Morgan fingerprint density at radius 1 is 0.938 bits per heavy atom. The summed E-state index contributed by atoms with van der Waals surface area (Å²) in [6.07, 6.45) is 0. The van der Waals surface area contributed by atoms with Gasteiger partial charge >= 0.3 is 0 Å². The van der Waals surface area contributed by atoms with Crippen molar-refractivity contribution < 1.29 is 18.7 Å². The monoisotopic (exact) mass is 436 g/mol. The van der Waals surface area contributed by atoms with Gasteiger partial charge in [0.1, 0.15) is 17.3 Å². The molecule has 1 aliphatic rings. The van der Waals surface area contributed by atoms with Crippen LogP contribution in [0, 0.1) is 5.82 Å². The second-order valence-corrected chi connectivity index (χ2v) is 8.40. The summed E-state index contributed by atoms with van der Waals surface area (Å²) in [4.78, 5) is 17.2. The Kier molecular flexibility index (Phi) is 6.61. The van der Waals surface area contributed by atoms with E-state index in [1.54, 1.807) is 7.11 Å². The predicted octanol–water partition coefficient (Wildman–Crippen LogP) is 4.49. The van der Waals surface area contributed by atoms with Crippen LogP contribution in [-0.4, -0.2) is 54.6 Å². The zero-order valence-corrected chi connectivity index (χ0v) is 18.8. The van der Waals surface area contributed by atoms with Crippen LogP contribution in [0.5, 0.6) is 11.5 Å². The summed E-state index contributed by atoms with van der Waals surface area (Å²) >= 11 is 0. The Labute approximate surface area is 188 Å². The van der Waals surface area contributed by atoms with Gasteiger partial charge in [-0.25, -0.2) is 4.39 Å². The highest BCUT2D eigenvalue weighted by Crippen LogP contribution is 2.33. The molecule has 1 heterocycles. The molecule has 0 aliphatic carbocycles. The highest BCUT2D eigenvalue weighted by atomic mass is 19.1. The quantitative estimate of drug-likeness (QED) is 0.571. The molecule has 0 N–H and O–H groups in total. The third kappa shape index (κ3) is 4.70. The van der Waals surface area contributed by atoms with Crippen molar-refractivity contribution in [1.82, 2.24) is 9.80 Å². The number of methoxy groups -OCH3 is 1. The molecule has 1 amide bonds. The van der Waals surface area contributed by atoms with Crippen LogP contribution in [0.3, 0.4) is 0 Å². The fourth-order valence-corrected chi connectivity index (χ4v) is 4.36. The van der Waals surface area contributed by atoms with Crippen LogP contribution in [0.2, 0.25) is 0 Å². The number of carbonyl (C=O) groups excluding carboxylic acids is 1. The molecule has 0 bridgehead atoms. The van der Waals surface area contributed by atoms with E-state index < -0.39 is 0 Å². The molecule has 6 heteroatoms. The molecule has 3 aromatic rings. The van der Waals surface area contributed by atoms with E-state index in [2.05, 4.69) is 18.7 Å². The van der Waals surface area contributed by atoms with Crippen LogP contribution in [0.15, 0.2) is 60.7 Å². The van der Waals surface area contributed by atoms with Crippen molar-refractivity contribution in [3.05, 3.63) is 72.0 Å². The first-order valence-electron chi connectivity index (χ1n) is 10.9. The summed E-state index contributed by atoms with van der Waals surface area (Å²) in [7, 11) is 1.64. The fourth-order valence-electron chi connectivity index (χ4n) is 4.36. The number of ether oxygens (including phenoxy) is 2. The normalized spacial score (nSPS) is 19.2. The molecule has 0 radical (unpaired) electrons. The van der Waals surface area contributed by atoms with Crippen molar-refractivity contribution in [2.24, 2.45) is 0 Å². The smallest absolute Gasteiger partial charge is 0.260 e. The van der Waals surface area contributed by atoms with Gasteiger partial charge in [0.05, 0.1) is 7.11 Å². The van der Waals surface area contributed by atoms with Gasteiger partial charge in [0.25, 0.3) is 5.91 Å². The average molecular weight is 437 g/mol. The Morgan fingerprint density at radius 2 is 1.59 bits per heavy atom. The number of nitrogens with zero attached hydrogens (tertiary/aromatic N) is 2. The summed E-state index contributed by atoms with van der Waals surface area (Å²) in [5, 5.41) is 1.88. The SMILES string of the molecule is COc1ccc(OCC(=O)N2C[C@@H](C)N(Cc3ccc(F)cc3)C[C@@H]2C)c2ccccc12. The van der Waals surface area contributed by atoms with Gasteiger partial charge in [-0.1, -0.05) is 36.4 Å². The van der Waals surface area contributed by atoms with Gasteiger partial charge in [-0.2, -0.15) is 0 Å². The molecule has 4 rings (SSSR count). The van der Waals surface area contributed by atoms with Gasteiger partial charge < -0.3 is 14.4 Å². The third-order valence-electron chi connectivity index (χ3n) is 6.15. The van der Waals surface area contributed by atoms with E-state index in [-0.39, 0.29) is 30.4 Å². The maximum atomic E-state index is 13.2. The van der Waals surface area contributed by atoms with Gasteiger partial charge in [0.15, 0.2) is 6.61 Å². The molecule has 5 nitrogen and oxygen atoms in total. The number of benzene rings is 3. The van der Waals surface area contributed by atoms with Crippen LogP contribution in [0.4, 0.5) is 4.39 Å². The molecule has 0 saturated carbocycles. The second-order valence-electron chi connectivity index (χ2n) is 8.40. The summed E-state index contributed by atoms with van der Waals surface area (Å²) < 4.78 is 24.6. The number of halogens is 1. The lowest BCUT2D eigenvalue weighted by atomic mass is 10.1. The topological polar surface area (TPSA) is 42.0 Å². The van der Waals surface area contributed by atoms with Crippen molar-refractivity contribution in [3.63, 3.8) is 0 Å². The number of hydrogen-bond acceptors (Lipinski definition) is 4. The lowest BCUT2D eigenvalue weighted by molar-refractivity contribution is -0.139. The van der Waals surface area contributed by atoms with Gasteiger partial charge in [0.2, 0.25) is 0 Å². The minimum absolute atomic E-state index is 0.00859. The summed E-state index contributed by atoms with van der Waals surface area (Å²) in [6.45, 7) is 6.30. The van der Waals surface area contributed by atoms with Crippen molar-refractivity contribution in [3.8, 4) is 11.5 Å². The first-order chi connectivity index (χ1) is 15.5. The lowest BCUT2D eigenvalue weighted by Gasteiger charge is -2.44. The number of amides is 1. The number of rotatable bonds is 6. The Balaban J connectivity index is 1.39. The maximum Gasteiger partial charge on any atom is 0.260 e. The molecule has 32 heavy (non-hydrogen) atoms. The molecule has 0 spiro atoms. The molecule has 0 unspecified atom stereocenters. The van der Waals surface area contributed by atoms with Crippen molar-refractivity contribution >= 4 is 16.7 Å². The third-order valence-corrected chi connectivity index (χ3v) is 6.15. The van der Waals surface area contributed by atoms with Crippen LogP contribution in [0.1, 0.15) is 19.4 Å². The Hall–Kier alpha value is -3.12. The molecule has 3 aromatic carbocycles. The van der Waals surface area contributed by atoms with Crippen LogP contribution in [-0.2, 0) is 11.3 Å². The van der Waals surface area contributed by atoms with Crippen LogP contribution < -0.4 is 9.47 Å². The van der Waals surface area contributed by atoms with Crippen LogP contribution in [0.25, 0.3) is 10.8 Å². The molecular formula is C26H29FN2O3. The molecule has 1 fully saturated rings. The number of hydrogen-bond donors (Lipinski definition) is 0. The van der Waals surface area contributed by atoms with E-state index in [1.165, 1.54) is 12.1 Å². The molecule has 1 aliphatic heterocycles. The lowest BCUT2D eigenvalue weighted by Crippen LogP contribution is -2.58. The van der Waals surface area contributed by atoms with E-state index in [9.17, 15) is 9.18 Å². The van der Waals surface area contributed by atoms with Gasteiger partial charge in [-0.3, -0.25) is 9.69 Å². The molecule has 168 valence electrons. The first-order valence-corrected chi connectivity index (χ1v) is 10.9. The number of carbonyl (C=O) groups is 1. The van der Waals surface area contributed by atoms with Gasteiger partial charge in [0, 0.05) is 42.5 Å². The van der Waals surface area contributed by atoms with Gasteiger partial charge in [-0.05, 0) is 43.7 Å². The Morgan fingerprint density at radius 3 is 2.28 bits per heavy atom. The standard InChI is InChI=1S/C26H29FN2O3/c1-18-15-29(19(2)14-28(18)16-20-8-10-21(27)11-9-20)26(30)17-32-25-13-12-24(31-3)22-6-4-5-7-23(22)25/h4-13,18-19H,14-17H2,1-3H3/t18-,19+/m1/s1. The molecule has 1 saturated heterocycles. The largest absolute Gasteiger partial charge is 0.496 e. The van der Waals surface area contributed by atoms with Crippen molar-refractivity contribution in [2.45, 2.75) is 32.5 Å². The first kappa shape index (κ1) is 22.1. The van der Waals surface area contributed by atoms with E-state index in [0.29, 0.717) is 12.3 Å². The molecular weight excluding hydrogens is 407 g/mol. The summed E-state index contributed by atoms with van der Waals surface area (Å²) in [6, 6.07) is 18.4. The van der Waals surface area contributed by atoms with Gasteiger partial charge in [-0.15, -0.1) is 0 Å². The zero-order valence-electron chi connectivity index (χ0n) is 18.8. The number of fused-ring (bicyclic) bond motifs is 1. The summed E-state index contributed by atoms with van der Waals surface area (Å²) in [5.74, 6) is 1.20. The second kappa shape index (κ2) is 9.57. The maximum absolute atomic E-state index is 13.2. The summed E-state index contributed by atoms with van der Waals surface area (Å²) in [5.41, 5.74) is 1.07. The average Bonchev–Trinajstić information content (AvgIpc) is 2.80. The minimum atomic E-state index is -0.227. The minimum Gasteiger partial charge on any atom is -0.496 e. The van der Waals surface area contributed by atoms with E-state index >= 15 is 0 Å². The highest BCUT2D eigenvalue weighted by Gasteiger charge is 2.32.